The molecule has 32 heavy (non-hydrogen) atoms. The minimum Gasteiger partial charge on any atom is -0.356 e. The average Bonchev–Trinajstić information content (AvgIpc) is 3.55. The highest BCUT2D eigenvalue weighted by Crippen LogP contribution is 2.32. The Kier molecular flexibility index (Phi) is 4.60. The maximum atomic E-state index is 5.62. The molecule has 0 radical (unpaired) electrons. The molecule has 2 aromatic carbocycles. The van der Waals surface area contributed by atoms with Crippen LogP contribution in [0.25, 0.3) is 28.4 Å². The highest BCUT2D eigenvalue weighted by Gasteiger charge is 2.27. The van der Waals surface area contributed by atoms with Gasteiger partial charge in [-0.3, -0.25) is 0 Å². The van der Waals surface area contributed by atoms with E-state index in [1.54, 1.807) is 6.33 Å². The van der Waals surface area contributed by atoms with Gasteiger partial charge in [-0.25, -0.2) is 4.98 Å². The smallest absolute Gasteiger partial charge is 0.254 e. The number of benzene rings is 2. The Bertz CT molecular complexity index is 1340. The van der Waals surface area contributed by atoms with Gasteiger partial charge in [0.1, 0.15) is 12.1 Å². The number of nitrogens with zero attached hydrogens (tertiary/aromatic N) is 7. The lowest BCUT2D eigenvalue weighted by molar-refractivity contribution is 0.329. The van der Waals surface area contributed by atoms with Gasteiger partial charge in [0, 0.05) is 36.2 Å². The first-order valence-corrected chi connectivity index (χ1v) is 10.8. The monoisotopic (exact) mass is 423 g/mol. The summed E-state index contributed by atoms with van der Waals surface area (Å²) in [6.07, 6.45) is 3.40. The molecule has 4 heterocycles. The molecule has 1 aliphatic rings. The third kappa shape index (κ3) is 3.39. The summed E-state index contributed by atoms with van der Waals surface area (Å²) in [6.45, 7) is 1.72. The van der Waals surface area contributed by atoms with Crippen molar-refractivity contribution in [2.24, 2.45) is 0 Å². The Hall–Kier alpha value is -4.07. The number of fused-ring (bicyclic) bond motifs is 1. The van der Waals surface area contributed by atoms with Crippen molar-refractivity contribution in [1.29, 1.82) is 0 Å². The summed E-state index contributed by atoms with van der Waals surface area (Å²) < 4.78 is 7.43. The Balaban J connectivity index is 1.24. The molecule has 6 rings (SSSR count). The summed E-state index contributed by atoms with van der Waals surface area (Å²) in [7, 11) is 0. The van der Waals surface area contributed by atoms with Crippen LogP contribution in [0.4, 0.5) is 5.82 Å². The first-order chi connectivity index (χ1) is 15.8. The summed E-state index contributed by atoms with van der Waals surface area (Å²) >= 11 is 0. The molecule has 158 valence electrons. The van der Waals surface area contributed by atoms with E-state index in [1.807, 2.05) is 53.0 Å². The Labute approximate surface area is 184 Å². The van der Waals surface area contributed by atoms with E-state index in [0.717, 1.165) is 48.6 Å². The standard InChI is InChI=1S/C24H21N7O/c1-3-7-17(8-4-1)20-15-21(31-24(27-20)25-16-26-31)30-13-11-19(12-14-30)23-28-22(29-32-23)18-9-5-2-6-10-18/h1-10,15-16,19H,11-14H2. The van der Waals surface area contributed by atoms with Crippen LogP contribution >= 0.6 is 0 Å². The van der Waals surface area contributed by atoms with Gasteiger partial charge < -0.3 is 9.42 Å². The number of anilines is 1. The summed E-state index contributed by atoms with van der Waals surface area (Å²) in [4.78, 5) is 16.0. The second kappa shape index (κ2) is 7.88. The van der Waals surface area contributed by atoms with Gasteiger partial charge in [0.2, 0.25) is 11.7 Å². The first-order valence-electron chi connectivity index (χ1n) is 10.8. The zero-order valence-corrected chi connectivity index (χ0v) is 17.4. The van der Waals surface area contributed by atoms with Crippen molar-refractivity contribution in [3.63, 3.8) is 0 Å². The molecule has 8 heteroatoms. The van der Waals surface area contributed by atoms with E-state index in [2.05, 4.69) is 48.3 Å². The van der Waals surface area contributed by atoms with E-state index < -0.39 is 0 Å². The molecule has 0 aliphatic carbocycles. The van der Waals surface area contributed by atoms with E-state index in [1.165, 1.54) is 0 Å². The third-order valence-corrected chi connectivity index (χ3v) is 5.94. The van der Waals surface area contributed by atoms with Gasteiger partial charge >= 0.3 is 0 Å². The van der Waals surface area contributed by atoms with Gasteiger partial charge in [0.25, 0.3) is 5.78 Å². The molecule has 1 saturated heterocycles. The fourth-order valence-electron chi connectivity index (χ4n) is 4.24. The fraction of sp³-hybridized carbons (Fsp3) is 0.208. The number of hydrogen-bond acceptors (Lipinski definition) is 7. The largest absolute Gasteiger partial charge is 0.356 e. The topological polar surface area (TPSA) is 85.2 Å². The van der Waals surface area contributed by atoms with Gasteiger partial charge in [-0.1, -0.05) is 65.8 Å². The molecular weight excluding hydrogens is 402 g/mol. The molecule has 0 unspecified atom stereocenters. The molecule has 3 aromatic heterocycles. The molecule has 0 N–H and O–H groups in total. The van der Waals surface area contributed by atoms with Gasteiger partial charge in [-0.2, -0.15) is 19.6 Å². The van der Waals surface area contributed by atoms with Crippen molar-refractivity contribution in [3.8, 4) is 22.6 Å². The summed E-state index contributed by atoms with van der Waals surface area (Å²) in [5.74, 6) is 3.22. The predicted molar refractivity (Wildman–Crippen MR) is 120 cm³/mol. The van der Waals surface area contributed by atoms with Crippen LogP contribution < -0.4 is 4.90 Å². The minimum atomic E-state index is 0.248. The Morgan fingerprint density at radius 3 is 2.31 bits per heavy atom. The first kappa shape index (κ1) is 18.7. The lowest BCUT2D eigenvalue weighted by Gasteiger charge is -2.32. The van der Waals surface area contributed by atoms with E-state index in [0.29, 0.717) is 17.5 Å². The molecule has 8 nitrogen and oxygen atoms in total. The quantitative estimate of drug-likeness (QED) is 0.428. The van der Waals surface area contributed by atoms with Crippen molar-refractivity contribution in [2.45, 2.75) is 18.8 Å². The lowest BCUT2D eigenvalue weighted by Crippen LogP contribution is -2.34. The van der Waals surface area contributed by atoms with E-state index >= 15 is 0 Å². The van der Waals surface area contributed by atoms with Crippen LogP contribution in [-0.2, 0) is 0 Å². The van der Waals surface area contributed by atoms with Crippen molar-refractivity contribution in [3.05, 3.63) is 78.9 Å². The summed E-state index contributed by atoms with van der Waals surface area (Å²) in [5.41, 5.74) is 2.93. The normalized spacial score (nSPS) is 14.8. The Morgan fingerprint density at radius 1 is 0.844 bits per heavy atom. The van der Waals surface area contributed by atoms with Crippen molar-refractivity contribution >= 4 is 11.6 Å². The Morgan fingerprint density at radius 2 is 1.56 bits per heavy atom. The molecule has 0 spiro atoms. The molecule has 1 fully saturated rings. The van der Waals surface area contributed by atoms with Crippen LogP contribution in [0.2, 0.25) is 0 Å². The van der Waals surface area contributed by atoms with Crippen LogP contribution in [0.5, 0.6) is 0 Å². The van der Waals surface area contributed by atoms with Crippen molar-refractivity contribution in [1.82, 2.24) is 29.7 Å². The molecule has 0 saturated carbocycles. The summed E-state index contributed by atoms with van der Waals surface area (Å²) in [6, 6.07) is 22.2. The van der Waals surface area contributed by atoms with Crippen LogP contribution in [0, 0.1) is 0 Å². The van der Waals surface area contributed by atoms with Crippen LogP contribution in [0.3, 0.4) is 0 Å². The third-order valence-electron chi connectivity index (χ3n) is 5.94. The zero-order chi connectivity index (χ0) is 21.3. The van der Waals surface area contributed by atoms with Crippen LogP contribution in [0.1, 0.15) is 24.7 Å². The van der Waals surface area contributed by atoms with Crippen LogP contribution in [0.15, 0.2) is 77.6 Å². The molecule has 0 amide bonds. The second-order valence-corrected chi connectivity index (χ2v) is 7.92. The highest BCUT2D eigenvalue weighted by atomic mass is 16.5. The fourth-order valence-corrected chi connectivity index (χ4v) is 4.24. The molecule has 0 bridgehead atoms. The number of hydrogen-bond donors (Lipinski definition) is 0. The molecule has 5 aromatic rings. The van der Waals surface area contributed by atoms with Gasteiger partial charge in [0.15, 0.2) is 0 Å². The number of rotatable bonds is 4. The molecule has 1 aliphatic heterocycles. The van der Waals surface area contributed by atoms with Gasteiger partial charge in [0.05, 0.1) is 5.69 Å². The number of aromatic nitrogens is 6. The van der Waals surface area contributed by atoms with E-state index in [-0.39, 0.29) is 5.92 Å². The van der Waals surface area contributed by atoms with Gasteiger partial charge in [-0.05, 0) is 12.8 Å². The maximum absolute atomic E-state index is 5.62. The highest BCUT2D eigenvalue weighted by molar-refractivity contribution is 5.65. The average molecular weight is 423 g/mol. The van der Waals surface area contributed by atoms with Crippen molar-refractivity contribution in [2.75, 3.05) is 18.0 Å². The minimum absolute atomic E-state index is 0.248. The zero-order valence-electron chi connectivity index (χ0n) is 17.4. The maximum Gasteiger partial charge on any atom is 0.254 e. The second-order valence-electron chi connectivity index (χ2n) is 7.92. The predicted octanol–water partition coefficient (Wildman–Crippen LogP) is 4.23. The molecule has 0 atom stereocenters. The number of piperidine rings is 1. The van der Waals surface area contributed by atoms with Crippen molar-refractivity contribution < 1.29 is 4.52 Å². The van der Waals surface area contributed by atoms with Gasteiger partial charge in [-0.15, -0.1) is 0 Å². The lowest BCUT2D eigenvalue weighted by atomic mass is 9.96. The van der Waals surface area contributed by atoms with E-state index in [4.69, 9.17) is 4.52 Å². The summed E-state index contributed by atoms with van der Waals surface area (Å²) in [5, 5.41) is 8.59. The van der Waals surface area contributed by atoms with E-state index in [9.17, 15) is 0 Å². The molecular formula is C24H21N7O. The SMILES string of the molecule is c1ccc(-c2cc(N3CCC(c4nc(-c5ccccc5)no4)CC3)n3ncnc3n2)cc1. The van der Waals surface area contributed by atoms with Crippen LogP contribution in [-0.4, -0.2) is 42.8 Å².